The molecule has 5 heteroatoms. The molecule has 2 amide bonds. The van der Waals surface area contributed by atoms with Crippen LogP contribution in [0.2, 0.25) is 0 Å². The van der Waals surface area contributed by atoms with Crippen LogP contribution in [0.25, 0.3) is 0 Å². The summed E-state index contributed by atoms with van der Waals surface area (Å²) in [7, 11) is 0. The van der Waals surface area contributed by atoms with E-state index < -0.39 is 0 Å². The molecule has 1 N–H and O–H groups in total. The van der Waals surface area contributed by atoms with Gasteiger partial charge in [0.1, 0.15) is 5.75 Å². The van der Waals surface area contributed by atoms with Crippen LogP contribution in [0.4, 0.5) is 11.4 Å². The normalized spacial score (nSPS) is 13.3. The summed E-state index contributed by atoms with van der Waals surface area (Å²) in [5.41, 5.74) is 3.86. The average Bonchev–Trinajstić information content (AvgIpc) is 2.65. The SMILES string of the molecule is Cc1cccc(OCC(=O)Nc2ccc3c(c2)CCCN3C(=O)C(C)C)c1. The highest BCUT2D eigenvalue weighted by atomic mass is 16.5. The zero-order valence-electron chi connectivity index (χ0n) is 16.1. The quantitative estimate of drug-likeness (QED) is 0.872. The topological polar surface area (TPSA) is 58.6 Å². The van der Waals surface area contributed by atoms with Crippen molar-refractivity contribution in [3.8, 4) is 5.75 Å². The van der Waals surface area contributed by atoms with Crippen molar-refractivity contribution in [1.29, 1.82) is 0 Å². The molecule has 0 atom stereocenters. The molecule has 0 radical (unpaired) electrons. The van der Waals surface area contributed by atoms with Crippen LogP contribution in [0, 0.1) is 12.8 Å². The van der Waals surface area contributed by atoms with Gasteiger partial charge in [-0.3, -0.25) is 9.59 Å². The number of fused-ring (bicyclic) bond motifs is 1. The lowest BCUT2D eigenvalue weighted by Gasteiger charge is -2.31. The van der Waals surface area contributed by atoms with Crippen LogP contribution in [0.15, 0.2) is 42.5 Å². The summed E-state index contributed by atoms with van der Waals surface area (Å²) in [5.74, 6) is 0.578. The number of hydrogen-bond donors (Lipinski definition) is 1. The zero-order valence-corrected chi connectivity index (χ0v) is 16.1. The van der Waals surface area contributed by atoms with Gasteiger partial charge in [-0.1, -0.05) is 26.0 Å². The first kappa shape index (κ1) is 19.0. The third kappa shape index (κ3) is 4.67. The number of carbonyl (C=O) groups is 2. The Labute approximate surface area is 160 Å². The van der Waals surface area contributed by atoms with Gasteiger partial charge < -0.3 is 15.0 Å². The van der Waals surface area contributed by atoms with Crippen molar-refractivity contribution in [2.24, 2.45) is 5.92 Å². The molecule has 27 heavy (non-hydrogen) atoms. The number of amides is 2. The molecule has 0 bridgehead atoms. The molecular weight excluding hydrogens is 340 g/mol. The molecule has 0 saturated carbocycles. The van der Waals surface area contributed by atoms with Gasteiger partial charge in [0.25, 0.3) is 5.91 Å². The van der Waals surface area contributed by atoms with E-state index in [1.807, 2.05) is 68.1 Å². The van der Waals surface area contributed by atoms with Gasteiger partial charge in [0.2, 0.25) is 5.91 Å². The fraction of sp³-hybridized carbons (Fsp3) is 0.364. The van der Waals surface area contributed by atoms with Crippen molar-refractivity contribution in [2.75, 3.05) is 23.4 Å². The predicted molar refractivity (Wildman–Crippen MR) is 107 cm³/mol. The Bertz CT molecular complexity index is 845. The third-order valence-electron chi connectivity index (χ3n) is 4.60. The Morgan fingerprint density at radius 2 is 2.00 bits per heavy atom. The molecular formula is C22H26N2O3. The van der Waals surface area contributed by atoms with Crippen LogP contribution in [0.5, 0.6) is 5.75 Å². The van der Waals surface area contributed by atoms with Crippen molar-refractivity contribution in [3.63, 3.8) is 0 Å². The number of benzene rings is 2. The van der Waals surface area contributed by atoms with Crippen LogP contribution < -0.4 is 15.0 Å². The smallest absolute Gasteiger partial charge is 0.262 e. The second kappa shape index (κ2) is 8.25. The number of nitrogens with zero attached hydrogens (tertiary/aromatic N) is 1. The number of rotatable bonds is 5. The predicted octanol–water partition coefficient (Wildman–Crippen LogP) is 3.95. The Morgan fingerprint density at radius 1 is 1.19 bits per heavy atom. The van der Waals surface area contributed by atoms with Gasteiger partial charge in [0.15, 0.2) is 6.61 Å². The summed E-state index contributed by atoms with van der Waals surface area (Å²) in [6, 6.07) is 13.3. The van der Waals surface area contributed by atoms with Gasteiger partial charge in [-0.15, -0.1) is 0 Å². The van der Waals surface area contributed by atoms with Crippen LogP contribution in [-0.2, 0) is 16.0 Å². The van der Waals surface area contributed by atoms with Crippen LogP contribution in [0.1, 0.15) is 31.4 Å². The molecule has 0 fully saturated rings. The molecule has 0 aliphatic carbocycles. The fourth-order valence-corrected chi connectivity index (χ4v) is 3.27. The van der Waals surface area contributed by atoms with E-state index in [4.69, 9.17) is 4.74 Å². The lowest BCUT2D eigenvalue weighted by Crippen LogP contribution is -2.38. The molecule has 2 aromatic carbocycles. The molecule has 5 nitrogen and oxygen atoms in total. The molecule has 2 aromatic rings. The van der Waals surface area contributed by atoms with Crippen LogP contribution >= 0.6 is 0 Å². The molecule has 0 spiro atoms. The minimum atomic E-state index is -0.206. The number of carbonyl (C=O) groups excluding carboxylic acids is 2. The number of nitrogens with one attached hydrogen (secondary N) is 1. The Balaban J connectivity index is 1.64. The minimum Gasteiger partial charge on any atom is -0.484 e. The highest BCUT2D eigenvalue weighted by molar-refractivity contribution is 5.97. The molecule has 1 aliphatic rings. The van der Waals surface area contributed by atoms with E-state index in [1.165, 1.54) is 0 Å². The number of ether oxygens (including phenoxy) is 1. The van der Waals surface area contributed by atoms with Crippen molar-refractivity contribution in [3.05, 3.63) is 53.6 Å². The first-order chi connectivity index (χ1) is 12.9. The molecule has 142 valence electrons. The van der Waals surface area contributed by atoms with E-state index in [9.17, 15) is 9.59 Å². The number of anilines is 2. The summed E-state index contributed by atoms with van der Waals surface area (Å²) in [4.78, 5) is 26.5. The molecule has 0 unspecified atom stereocenters. The highest BCUT2D eigenvalue weighted by Gasteiger charge is 2.24. The number of hydrogen-bond acceptors (Lipinski definition) is 3. The maximum Gasteiger partial charge on any atom is 0.262 e. The fourth-order valence-electron chi connectivity index (χ4n) is 3.27. The van der Waals surface area contributed by atoms with E-state index in [-0.39, 0.29) is 24.3 Å². The summed E-state index contributed by atoms with van der Waals surface area (Å²) in [6.45, 7) is 6.52. The first-order valence-electron chi connectivity index (χ1n) is 9.37. The second-order valence-electron chi connectivity index (χ2n) is 7.24. The third-order valence-corrected chi connectivity index (χ3v) is 4.60. The van der Waals surface area contributed by atoms with Crippen molar-refractivity contribution < 1.29 is 14.3 Å². The zero-order chi connectivity index (χ0) is 19.4. The maximum absolute atomic E-state index is 12.4. The van der Waals surface area contributed by atoms with Gasteiger partial charge in [-0.25, -0.2) is 0 Å². The lowest BCUT2D eigenvalue weighted by molar-refractivity contribution is -0.121. The van der Waals surface area contributed by atoms with Crippen molar-refractivity contribution >= 4 is 23.2 Å². The van der Waals surface area contributed by atoms with Gasteiger partial charge in [-0.2, -0.15) is 0 Å². The summed E-state index contributed by atoms with van der Waals surface area (Å²) in [5, 5.41) is 2.88. The summed E-state index contributed by atoms with van der Waals surface area (Å²) < 4.78 is 5.54. The van der Waals surface area contributed by atoms with Crippen molar-refractivity contribution in [2.45, 2.75) is 33.6 Å². The largest absolute Gasteiger partial charge is 0.484 e. The Morgan fingerprint density at radius 3 is 2.74 bits per heavy atom. The van der Waals surface area contributed by atoms with E-state index in [0.717, 1.165) is 41.9 Å². The molecule has 3 rings (SSSR count). The second-order valence-corrected chi connectivity index (χ2v) is 7.24. The Kier molecular flexibility index (Phi) is 5.79. The van der Waals surface area contributed by atoms with Gasteiger partial charge in [-0.05, 0) is 61.2 Å². The average molecular weight is 366 g/mol. The summed E-state index contributed by atoms with van der Waals surface area (Å²) in [6.07, 6.45) is 1.83. The van der Waals surface area contributed by atoms with Gasteiger partial charge >= 0.3 is 0 Å². The van der Waals surface area contributed by atoms with Crippen molar-refractivity contribution in [1.82, 2.24) is 0 Å². The molecule has 1 heterocycles. The maximum atomic E-state index is 12.4. The Hall–Kier alpha value is -2.82. The van der Waals surface area contributed by atoms with Gasteiger partial charge in [0.05, 0.1) is 0 Å². The minimum absolute atomic E-state index is 0.0332. The molecule has 0 saturated heterocycles. The standard InChI is InChI=1S/C22H26N2O3/c1-15(2)22(26)24-11-5-7-17-13-18(9-10-20(17)24)23-21(25)14-27-19-8-4-6-16(3)12-19/h4,6,8-10,12-13,15H,5,7,11,14H2,1-3H3,(H,23,25). The molecule has 1 aliphatic heterocycles. The van der Waals surface area contributed by atoms with E-state index in [0.29, 0.717) is 5.75 Å². The van der Waals surface area contributed by atoms with Crippen LogP contribution in [0.3, 0.4) is 0 Å². The highest BCUT2D eigenvalue weighted by Crippen LogP contribution is 2.30. The lowest BCUT2D eigenvalue weighted by atomic mass is 9.99. The number of aryl methyl sites for hydroxylation is 2. The van der Waals surface area contributed by atoms with Gasteiger partial charge in [0, 0.05) is 23.8 Å². The first-order valence-corrected chi connectivity index (χ1v) is 9.37. The molecule has 0 aromatic heterocycles. The van der Waals surface area contributed by atoms with E-state index in [2.05, 4.69) is 5.32 Å². The summed E-state index contributed by atoms with van der Waals surface area (Å²) >= 11 is 0. The monoisotopic (exact) mass is 366 g/mol. The van der Waals surface area contributed by atoms with E-state index >= 15 is 0 Å². The van der Waals surface area contributed by atoms with Crippen LogP contribution in [-0.4, -0.2) is 25.0 Å². The van der Waals surface area contributed by atoms with E-state index in [1.54, 1.807) is 0 Å².